The maximum Gasteiger partial charge on any atom is 0.282 e. The van der Waals surface area contributed by atoms with Crippen LogP contribution in [0.5, 0.6) is 0 Å². The molecule has 0 aliphatic carbocycles. The minimum Gasteiger partial charge on any atom is -0.324 e. The Hall–Kier alpha value is -1.55. The number of hydrogen-bond acceptors (Lipinski definition) is 1. The number of benzene rings is 2. The van der Waals surface area contributed by atoms with Crippen LogP contribution < -0.4 is 10.2 Å². The number of rotatable bonds is 5. The van der Waals surface area contributed by atoms with E-state index in [1.807, 2.05) is 32.2 Å². The molecule has 5 heteroatoms. The highest BCUT2D eigenvalue weighted by Gasteiger charge is 2.22. The van der Waals surface area contributed by atoms with Gasteiger partial charge in [-0.3, -0.25) is 4.79 Å². The average molecular weight is 338 g/mol. The summed E-state index contributed by atoms with van der Waals surface area (Å²) in [6.07, 6.45) is 0. The molecule has 0 aliphatic rings. The van der Waals surface area contributed by atoms with Crippen molar-refractivity contribution in [2.45, 2.75) is 19.5 Å². The van der Waals surface area contributed by atoms with Crippen LogP contribution in [0.25, 0.3) is 0 Å². The summed E-state index contributed by atoms with van der Waals surface area (Å²) in [5.74, 6) is -0.0716. The summed E-state index contributed by atoms with van der Waals surface area (Å²) in [4.78, 5) is 13.5. The van der Waals surface area contributed by atoms with Crippen molar-refractivity contribution in [2.24, 2.45) is 0 Å². The number of hydrogen-bond donors (Lipinski definition) is 2. The number of carbonyl (C=O) groups excluding carboxylic acids is 1. The van der Waals surface area contributed by atoms with E-state index in [2.05, 4.69) is 17.4 Å². The summed E-state index contributed by atoms with van der Waals surface area (Å²) < 4.78 is 0. The zero-order valence-corrected chi connectivity index (χ0v) is 14.1. The number of carbonyl (C=O) groups is 1. The van der Waals surface area contributed by atoms with Gasteiger partial charge in [0, 0.05) is 10.6 Å². The highest BCUT2D eigenvalue weighted by molar-refractivity contribution is 6.36. The van der Waals surface area contributed by atoms with Gasteiger partial charge in [0.2, 0.25) is 0 Å². The van der Waals surface area contributed by atoms with Gasteiger partial charge in [-0.15, -0.1) is 0 Å². The molecule has 0 fully saturated rings. The fourth-order valence-electron chi connectivity index (χ4n) is 2.13. The molecular formula is C17H19Cl2N2O+. The number of amides is 1. The smallest absolute Gasteiger partial charge is 0.282 e. The van der Waals surface area contributed by atoms with E-state index < -0.39 is 0 Å². The molecule has 2 N–H and O–H groups in total. The van der Waals surface area contributed by atoms with E-state index >= 15 is 0 Å². The van der Waals surface area contributed by atoms with Crippen molar-refractivity contribution in [3.8, 4) is 0 Å². The summed E-state index contributed by atoms with van der Waals surface area (Å²) in [6.45, 7) is 2.68. The first kappa shape index (κ1) is 16.8. The number of halogens is 2. The number of anilines is 1. The van der Waals surface area contributed by atoms with Crippen molar-refractivity contribution in [3.05, 3.63) is 64.1 Å². The van der Waals surface area contributed by atoms with Crippen LogP contribution in [-0.4, -0.2) is 19.0 Å². The topological polar surface area (TPSA) is 33.5 Å². The molecule has 22 heavy (non-hydrogen) atoms. The maximum atomic E-state index is 12.4. The number of likely N-dealkylation sites (N-methyl/N-ethyl adjacent to an activating group) is 1. The van der Waals surface area contributed by atoms with E-state index in [1.54, 1.807) is 18.2 Å². The molecule has 0 saturated heterocycles. The lowest BCUT2D eigenvalue weighted by atomic mass is 10.2. The standard InChI is InChI=1S/C17H18Cl2N2O/c1-12(21(2)11-13-6-4-3-5-7-13)17(22)20-16-9-8-14(18)10-15(16)19/h3-10,12H,11H2,1-2H3,(H,20,22)/p+1/t12-/m0/s1. The highest BCUT2D eigenvalue weighted by Crippen LogP contribution is 2.25. The van der Waals surface area contributed by atoms with Crippen molar-refractivity contribution in [3.63, 3.8) is 0 Å². The van der Waals surface area contributed by atoms with Crippen LogP contribution in [0.1, 0.15) is 12.5 Å². The first-order valence-corrected chi connectivity index (χ1v) is 7.85. The van der Waals surface area contributed by atoms with Gasteiger partial charge in [0.05, 0.1) is 17.8 Å². The Balaban J connectivity index is 1.99. The molecule has 2 rings (SSSR count). The van der Waals surface area contributed by atoms with E-state index in [1.165, 1.54) is 5.56 Å². The predicted molar refractivity (Wildman–Crippen MR) is 91.6 cm³/mol. The molecule has 0 aliphatic heterocycles. The molecule has 2 atom stereocenters. The van der Waals surface area contributed by atoms with Gasteiger partial charge in [0.15, 0.2) is 6.04 Å². The van der Waals surface area contributed by atoms with Crippen molar-refractivity contribution in [2.75, 3.05) is 12.4 Å². The lowest BCUT2D eigenvalue weighted by molar-refractivity contribution is -0.907. The van der Waals surface area contributed by atoms with Crippen LogP contribution in [0.4, 0.5) is 5.69 Å². The summed E-state index contributed by atoms with van der Waals surface area (Å²) in [7, 11) is 2.00. The Morgan fingerprint density at radius 3 is 2.50 bits per heavy atom. The van der Waals surface area contributed by atoms with Crippen molar-refractivity contribution >= 4 is 34.8 Å². The van der Waals surface area contributed by atoms with Gasteiger partial charge in [-0.05, 0) is 25.1 Å². The van der Waals surface area contributed by atoms with Gasteiger partial charge in [-0.25, -0.2) is 0 Å². The van der Waals surface area contributed by atoms with Gasteiger partial charge >= 0.3 is 0 Å². The Labute approximate surface area is 140 Å². The molecule has 0 bridgehead atoms. The quantitative estimate of drug-likeness (QED) is 0.863. The van der Waals surface area contributed by atoms with E-state index in [9.17, 15) is 4.79 Å². The molecule has 1 amide bonds. The molecule has 0 radical (unpaired) electrons. The fraction of sp³-hybridized carbons (Fsp3) is 0.235. The Kier molecular flexibility index (Phi) is 5.83. The second-order valence-electron chi connectivity index (χ2n) is 5.34. The van der Waals surface area contributed by atoms with Crippen LogP contribution in [0.2, 0.25) is 10.0 Å². The first-order valence-electron chi connectivity index (χ1n) is 7.09. The average Bonchev–Trinajstić information content (AvgIpc) is 2.50. The van der Waals surface area contributed by atoms with Crippen LogP contribution in [0.15, 0.2) is 48.5 Å². The summed E-state index contributed by atoms with van der Waals surface area (Å²) in [5, 5.41) is 3.84. The largest absolute Gasteiger partial charge is 0.324 e. The van der Waals surface area contributed by atoms with Gasteiger partial charge in [0.25, 0.3) is 5.91 Å². The van der Waals surface area contributed by atoms with E-state index in [-0.39, 0.29) is 11.9 Å². The molecule has 1 unspecified atom stereocenters. The minimum absolute atomic E-state index is 0.0716. The van der Waals surface area contributed by atoms with Crippen LogP contribution >= 0.6 is 23.2 Å². The van der Waals surface area contributed by atoms with Gasteiger partial charge in [-0.1, -0.05) is 53.5 Å². The zero-order chi connectivity index (χ0) is 16.1. The second-order valence-corrected chi connectivity index (χ2v) is 6.19. The van der Waals surface area contributed by atoms with Crippen molar-refractivity contribution in [1.82, 2.24) is 0 Å². The highest BCUT2D eigenvalue weighted by atomic mass is 35.5. The molecule has 2 aromatic rings. The van der Waals surface area contributed by atoms with Crippen LogP contribution in [-0.2, 0) is 11.3 Å². The zero-order valence-electron chi connectivity index (χ0n) is 12.6. The Bertz CT molecular complexity index is 646. The van der Waals surface area contributed by atoms with Gasteiger partial charge in [0.1, 0.15) is 6.54 Å². The molecule has 0 heterocycles. The summed E-state index contributed by atoms with van der Waals surface area (Å²) >= 11 is 11.9. The third-order valence-corrected chi connectivity index (χ3v) is 4.20. The second kappa shape index (κ2) is 7.63. The van der Waals surface area contributed by atoms with Crippen LogP contribution in [0.3, 0.4) is 0 Å². The molecule has 0 spiro atoms. The minimum atomic E-state index is -0.202. The lowest BCUT2D eigenvalue weighted by Gasteiger charge is -2.21. The van der Waals surface area contributed by atoms with E-state index in [0.29, 0.717) is 15.7 Å². The normalized spacial score (nSPS) is 13.5. The molecule has 116 valence electrons. The lowest BCUT2D eigenvalue weighted by Crippen LogP contribution is -3.12. The SMILES string of the molecule is C[C@@H](C(=O)Nc1ccc(Cl)cc1Cl)[NH+](C)Cc1ccccc1. The summed E-state index contributed by atoms with van der Waals surface area (Å²) in [6, 6.07) is 14.9. The molecule has 0 saturated carbocycles. The predicted octanol–water partition coefficient (Wildman–Crippen LogP) is 3.04. The van der Waals surface area contributed by atoms with Crippen molar-refractivity contribution in [1.29, 1.82) is 0 Å². The molecule has 3 nitrogen and oxygen atoms in total. The third kappa shape index (κ3) is 4.47. The van der Waals surface area contributed by atoms with Crippen LogP contribution in [0, 0.1) is 0 Å². The monoisotopic (exact) mass is 337 g/mol. The Morgan fingerprint density at radius 2 is 1.86 bits per heavy atom. The number of quaternary nitrogens is 1. The molecule has 0 aromatic heterocycles. The molecular weight excluding hydrogens is 319 g/mol. The first-order chi connectivity index (χ1) is 10.5. The molecule has 2 aromatic carbocycles. The number of nitrogens with one attached hydrogen (secondary N) is 2. The van der Waals surface area contributed by atoms with E-state index in [4.69, 9.17) is 23.2 Å². The van der Waals surface area contributed by atoms with E-state index in [0.717, 1.165) is 11.4 Å². The summed E-state index contributed by atoms with van der Waals surface area (Å²) in [5.41, 5.74) is 1.78. The third-order valence-electron chi connectivity index (χ3n) is 3.65. The van der Waals surface area contributed by atoms with Crippen molar-refractivity contribution < 1.29 is 9.69 Å². The van der Waals surface area contributed by atoms with Gasteiger partial charge < -0.3 is 10.2 Å². The fourth-order valence-corrected chi connectivity index (χ4v) is 2.58. The van der Waals surface area contributed by atoms with Gasteiger partial charge in [-0.2, -0.15) is 0 Å². The maximum absolute atomic E-state index is 12.4. The Morgan fingerprint density at radius 1 is 1.18 bits per heavy atom.